The van der Waals surface area contributed by atoms with Crippen LogP contribution in [0.3, 0.4) is 0 Å². The minimum absolute atomic E-state index is 0.422. The molecule has 0 amide bonds. The van der Waals surface area contributed by atoms with Gasteiger partial charge in [-0.2, -0.15) is 0 Å². The van der Waals surface area contributed by atoms with Crippen molar-refractivity contribution in [1.82, 2.24) is 5.32 Å². The van der Waals surface area contributed by atoms with Crippen LogP contribution in [0.1, 0.15) is 60.0 Å². The van der Waals surface area contributed by atoms with Gasteiger partial charge in [0.15, 0.2) is 0 Å². The molecule has 2 aliphatic rings. The second kappa shape index (κ2) is 5.57. The first kappa shape index (κ1) is 13.6. The fourth-order valence-corrected chi connectivity index (χ4v) is 3.33. The van der Waals surface area contributed by atoms with Crippen molar-refractivity contribution in [2.24, 2.45) is 5.92 Å². The van der Waals surface area contributed by atoms with E-state index in [2.05, 4.69) is 12.2 Å². The monoisotopic (exact) mass is 273 g/mol. The minimum atomic E-state index is -0.823. The van der Waals surface area contributed by atoms with Gasteiger partial charge < -0.3 is 10.4 Å². The third-order valence-corrected chi connectivity index (χ3v) is 4.85. The fourth-order valence-electron chi connectivity index (χ4n) is 3.33. The summed E-state index contributed by atoms with van der Waals surface area (Å²) < 4.78 is 0. The van der Waals surface area contributed by atoms with E-state index in [1.807, 2.05) is 12.1 Å². The molecule has 2 atom stereocenters. The molecule has 1 aromatic carbocycles. The molecular weight excluding hydrogens is 250 g/mol. The summed E-state index contributed by atoms with van der Waals surface area (Å²) in [6.07, 6.45) is 6.19. The molecule has 1 saturated carbocycles. The van der Waals surface area contributed by atoms with Crippen LogP contribution in [0.5, 0.6) is 0 Å². The molecule has 0 heterocycles. The van der Waals surface area contributed by atoms with Gasteiger partial charge in [-0.3, -0.25) is 0 Å². The molecule has 2 aliphatic carbocycles. The zero-order valence-electron chi connectivity index (χ0n) is 12.1. The Morgan fingerprint density at radius 2 is 2.20 bits per heavy atom. The van der Waals surface area contributed by atoms with Crippen molar-refractivity contribution in [2.45, 2.75) is 51.0 Å². The van der Waals surface area contributed by atoms with E-state index in [1.54, 1.807) is 6.07 Å². The summed E-state index contributed by atoms with van der Waals surface area (Å²) in [5, 5.41) is 12.8. The number of hydrogen-bond acceptors (Lipinski definition) is 2. The summed E-state index contributed by atoms with van der Waals surface area (Å²) in [4.78, 5) is 11.1. The van der Waals surface area contributed by atoms with Gasteiger partial charge in [0.25, 0.3) is 0 Å². The average molecular weight is 273 g/mol. The van der Waals surface area contributed by atoms with Crippen molar-refractivity contribution in [3.8, 4) is 0 Å². The van der Waals surface area contributed by atoms with Crippen molar-refractivity contribution >= 4 is 5.97 Å². The second-order valence-corrected chi connectivity index (χ2v) is 6.34. The number of aryl methyl sites for hydroxylation is 1. The third-order valence-electron chi connectivity index (χ3n) is 4.85. The van der Waals surface area contributed by atoms with Crippen LogP contribution < -0.4 is 5.32 Å². The molecule has 2 unspecified atom stereocenters. The van der Waals surface area contributed by atoms with Crippen LogP contribution in [-0.2, 0) is 6.42 Å². The van der Waals surface area contributed by atoms with Crippen molar-refractivity contribution in [2.75, 3.05) is 6.54 Å². The summed E-state index contributed by atoms with van der Waals surface area (Å²) >= 11 is 0. The Morgan fingerprint density at radius 3 is 2.90 bits per heavy atom. The Bertz CT molecular complexity index is 508. The first-order valence-corrected chi connectivity index (χ1v) is 7.74. The van der Waals surface area contributed by atoms with Crippen LogP contribution in [0.4, 0.5) is 0 Å². The lowest BCUT2D eigenvalue weighted by Crippen LogP contribution is -2.33. The van der Waals surface area contributed by atoms with Crippen LogP contribution >= 0.6 is 0 Å². The van der Waals surface area contributed by atoms with Crippen LogP contribution in [0.2, 0.25) is 0 Å². The lowest BCUT2D eigenvalue weighted by atomic mass is 9.82. The van der Waals surface area contributed by atoms with E-state index in [0.717, 1.165) is 18.9 Å². The smallest absolute Gasteiger partial charge is 0.335 e. The van der Waals surface area contributed by atoms with Crippen LogP contribution in [0, 0.1) is 5.92 Å². The third kappa shape index (κ3) is 2.88. The maximum absolute atomic E-state index is 11.1. The first-order valence-electron chi connectivity index (χ1n) is 7.74. The zero-order valence-corrected chi connectivity index (χ0v) is 12.1. The van der Waals surface area contributed by atoms with Crippen LogP contribution in [-0.4, -0.2) is 23.7 Å². The zero-order chi connectivity index (χ0) is 14.1. The normalized spacial score (nSPS) is 23.1. The number of fused-ring (bicyclic) bond motifs is 1. The van der Waals surface area contributed by atoms with E-state index < -0.39 is 5.97 Å². The van der Waals surface area contributed by atoms with E-state index in [4.69, 9.17) is 5.11 Å². The summed E-state index contributed by atoms with van der Waals surface area (Å²) in [5.74, 6) is 0.513. The van der Waals surface area contributed by atoms with Crippen molar-refractivity contribution < 1.29 is 9.90 Å². The van der Waals surface area contributed by atoms with E-state index >= 15 is 0 Å². The maximum atomic E-state index is 11.1. The van der Waals surface area contributed by atoms with Gasteiger partial charge in [-0.1, -0.05) is 6.07 Å². The molecule has 0 spiro atoms. The van der Waals surface area contributed by atoms with Crippen molar-refractivity contribution in [3.63, 3.8) is 0 Å². The molecule has 1 aromatic rings. The molecule has 108 valence electrons. The topological polar surface area (TPSA) is 49.3 Å². The van der Waals surface area contributed by atoms with Gasteiger partial charge in [-0.05, 0) is 74.1 Å². The Labute approximate surface area is 120 Å². The number of carboxylic acids is 1. The predicted molar refractivity (Wildman–Crippen MR) is 79.3 cm³/mol. The van der Waals surface area contributed by atoms with E-state index in [1.165, 1.54) is 36.8 Å². The molecule has 0 aliphatic heterocycles. The highest BCUT2D eigenvalue weighted by Crippen LogP contribution is 2.34. The number of carboxylic acid groups (broad SMARTS) is 1. The molecule has 0 saturated heterocycles. The number of hydrogen-bond donors (Lipinski definition) is 2. The Hall–Kier alpha value is -1.35. The molecule has 3 rings (SSSR count). The Morgan fingerprint density at radius 1 is 1.40 bits per heavy atom. The number of aromatic carboxylic acids is 1. The standard InChI is InChI=1S/C17H23NO2/c1-11(12-5-6-12)18-10-15-4-2-3-13-7-8-14(17(19)20)9-16(13)15/h7-9,11-12,15,18H,2-6,10H2,1H3,(H,19,20). The average Bonchev–Trinajstić information content (AvgIpc) is 3.28. The maximum Gasteiger partial charge on any atom is 0.335 e. The number of carbonyl (C=O) groups is 1. The lowest BCUT2D eigenvalue weighted by Gasteiger charge is -2.27. The van der Waals surface area contributed by atoms with Gasteiger partial charge in [0.1, 0.15) is 0 Å². The number of nitrogens with one attached hydrogen (secondary N) is 1. The fraction of sp³-hybridized carbons (Fsp3) is 0.588. The van der Waals surface area contributed by atoms with Crippen LogP contribution in [0.25, 0.3) is 0 Å². The molecule has 1 fully saturated rings. The van der Waals surface area contributed by atoms with Gasteiger partial charge >= 0.3 is 5.97 Å². The summed E-state index contributed by atoms with van der Waals surface area (Å²) in [5.41, 5.74) is 3.02. The number of benzene rings is 1. The highest BCUT2D eigenvalue weighted by atomic mass is 16.4. The summed E-state index contributed by atoms with van der Waals surface area (Å²) in [7, 11) is 0. The quantitative estimate of drug-likeness (QED) is 0.866. The van der Waals surface area contributed by atoms with Gasteiger partial charge in [-0.15, -0.1) is 0 Å². The predicted octanol–water partition coefficient (Wildman–Crippen LogP) is 3.19. The first-order chi connectivity index (χ1) is 9.65. The van der Waals surface area contributed by atoms with Crippen molar-refractivity contribution in [3.05, 3.63) is 34.9 Å². The van der Waals surface area contributed by atoms with Crippen molar-refractivity contribution in [1.29, 1.82) is 0 Å². The molecule has 2 N–H and O–H groups in total. The highest BCUT2D eigenvalue weighted by Gasteiger charge is 2.29. The highest BCUT2D eigenvalue weighted by molar-refractivity contribution is 5.88. The largest absolute Gasteiger partial charge is 0.478 e. The Balaban J connectivity index is 1.73. The summed E-state index contributed by atoms with van der Waals surface area (Å²) in [6.45, 7) is 3.25. The van der Waals surface area contributed by atoms with Gasteiger partial charge in [-0.25, -0.2) is 4.79 Å². The second-order valence-electron chi connectivity index (χ2n) is 6.34. The molecular formula is C17H23NO2. The van der Waals surface area contributed by atoms with Crippen LogP contribution in [0.15, 0.2) is 18.2 Å². The molecule has 3 heteroatoms. The summed E-state index contributed by atoms with van der Waals surface area (Å²) in [6, 6.07) is 6.24. The lowest BCUT2D eigenvalue weighted by molar-refractivity contribution is 0.0696. The minimum Gasteiger partial charge on any atom is -0.478 e. The molecule has 3 nitrogen and oxygen atoms in total. The van der Waals surface area contributed by atoms with E-state index in [9.17, 15) is 4.79 Å². The molecule has 0 radical (unpaired) electrons. The van der Waals surface area contributed by atoms with E-state index in [-0.39, 0.29) is 0 Å². The van der Waals surface area contributed by atoms with Gasteiger partial charge in [0.2, 0.25) is 0 Å². The molecule has 0 bridgehead atoms. The Kier molecular flexibility index (Phi) is 3.79. The number of rotatable bonds is 5. The SMILES string of the molecule is CC(NCC1CCCc2ccc(C(=O)O)cc21)C1CC1. The molecule has 20 heavy (non-hydrogen) atoms. The van der Waals surface area contributed by atoms with Gasteiger partial charge in [0, 0.05) is 12.6 Å². The molecule has 0 aromatic heterocycles. The van der Waals surface area contributed by atoms with E-state index in [0.29, 0.717) is 17.5 Å². The van der Waals surface area contributed by atoms with Gasteiger partial charge in [0.05, 0.1) is 5.56 Å².